The van der Waals surface area contributed by atoms with Crippen molar-refractivity contribution in [2.75, 3.05) is 5.73 Å². The van der Waals surface area contributed by atoms with Crippen molar-refractivity contribution >= 4 is 15.7 Å². The van der Waals surface area contributed by atoms with Gasteiger partial charge in [0.25, 0.3) is 0 Å². The van der Waals surface area contributed by atoms with Crippen LogP contribution >= 0.6 is 0 Å². The number of nitrogens with zero attached hydrogens (tertiary/aromatic N) is 1. The van der Waals surface area contributed by atoms with Crippen molar-refractivity contribution in [2.24, 2.45) is 0 Å². The predicted molar refractivity (Wildman–Crippen MR) is 76.7 cm³/mol. The molecule has 2 heterocycles. The number of aryl methyl sites for hydroxylation is 1. The second-order valence-corrected chi connectivity index (χ2v) is 7.68. The van der Waals surface area contributed by atoms with E-state index in [1.54, 1.807) is 29.4 Å². The van der Waals surface area contributed by atoms with Gasteiger partial charge in [0.05, 0.1) is 11.0 Å². The molecule has 5 nitrogen and oxygen atoms in total. The monoisotopic (exact) mass is 296 g/mol. The Morgan fingerprint density at radius 1 is 1.25 bits per heavy atom. The van der Waals surface area contributed by atoms with Gasteiger partial charge in [-0.15, -0.1) is 0 Å². The molecule has 0 aromatic heterocycles. The van der Waals surface area contributed by atoms with E-state index in [4.69, 9.17) is 5.73 Å². The van der Waals surface area contributed by atoms with Gasteiger partial charge < -0.3 is 10.8 Å². The van der Waals surface area contributed by atoms with Gasteiger partial charge in [-0.25, -0.2) is 8.42 Å². The number of sulfonamides is 1. The van der Waals surface area contributed by atoms with E-state index in [0.29, 0.717) is 29.0 Å². The van der Waals surface area contributed by atoms with E-state index in [1.807, 2.05) is 0 Å². The van der Waals surface area contributed by atoms with Crippen LogP contribution in [0.15, 0.2) is 23.1 Å². The standard InChI is InChI=1S/C14H20N2O3S/c1-9-6-10(15)2-5-14(9)20(18,19)16-11-3-4-12(16)8-13(17)7-11/h2,5-6,11-13,17H,3-4,7-8,15H2,1H3. The molecule has 2 aliphatic heterocycles. The molecule has 110 valence electrons. The fourth-order valence-electron chi connectivity index (χ4n) is 3.57. The fourth-order valence-corrected chi connectivity index (χ4v) is 5.67. The van der Waals surface area contributed by atoms with Crippen LogP contribution in [0, 0.1) is 6.92 Å². The number of piperidine rings is 1. The molecule has 0 radical (unpaired) electrons. The van der Waals surface area contributed by atoms with E-state index < -0.39 is 10.0 Å². The molecule has 0 amide bonds. The molecular weight excluding hydrogens is 276 g/mol. The van der Waals surface area contributed by atoms with Crippen molar-refractivity contribution in [3.63, 3.8) is 0 Å². The summed E-state index contributed by atoms with van der Waals surface area (Å²) in [6.45, 7) is 1.77. The number of aliphatic hydroxyl groups is 1. The maximum absolute atomic E-state index is 12.9. The van der Waals surface area contributed by atoms with Crippen molar-refractivity contribution in [3.8, 4) is 0 Å². The molecule has 1 aromatic carbocycles. The van der Waals surface area contributed by atoms with Gasteiger partial charge in [0.15, 0.2) is 0 Å². The van der Waals surface area contributed by atoms with E-state index in [-0.39, 0.29) is 18.2 Å². The van der Waals surface area contributed by atoms with Gasteiger partial charge >= 0.3 is 0 Å². The molecular formula is C14H20N2O3S. The van der Waals surface area contributed by atoms with Crippen LogP contribution in [-0.4, -0.2) is 36.0 Å². The normalized spacial score (nSPS) is 30.6. The summed E-state index contributed by atoms with van der Waals surface area (Å²) in [5, 5.41) is 9.80. The molecule has 3 N–H and O–H groups in total. The quantitative estimate of drug-likeness (QED) is 0.805. The summed E-state index contributed by atoms with van der Waals surface area (Å²) in [5.41, 5.74) is 6.94. The zero-order valence-corrected chi connectivity index (χ0v) is 12.3. The minimum absolute atomic E-state index is 0.0642. The molecule has 2 bridgehead atoms. The summed E-state index contributed by atoms with van der Waals surface area (Å²) in [6, 6.07) is 4.77. The highest BCUT2D eigenvalue weighted by Crippen LogP contribution is 2.40. The Kier molecular flexibility index (Phi) is 3.27. The minimum atomic E-state index is -3.50. The number of hydrogen-bond donors (Lipinski definition) is 2. The van der Waals surface area contributed by atoms with Crippen LogP contribution in [0.2, 0.25) is 0 Å². The third kappa shape index (κ3) is 2.12. The highest BCUT2D eigenvalue weighted by atomic mass is 32.2. The van der Waals surface area contributed by atoms with Gasteiger partial charge in [-0.05, 0) is 56.4 Å². The largest absolute Gasteiger partial charge is 0.399 e. The van der Waals surface area contributed by atoms with Gasteiger partial charge in [0.1, 0.15) is 0 Å². The number of rotatable bonds is 2. The molecule has 0 spiro atoms. The second kappa shape index (κ2) is 4.72. The molecule has 6 heteroatoms. The summed E-state index contributed by atoms with van der Waals surface area (Å²) in [4.78, 5) is 0.333. The van der Waals surface area contributed by atoms with Crippen LogP contribution in [0.4, 0.5) is 5.69 Å². The lowest BCUT2D eigenvalue weighted by Crippen LogP contribution is -2.47. The van der Waals surface area contributed by atoms with Crippen LogP contribution in [0.3, 0.4) is 0 Å². The summed E-state index contributed by atoms with van der Waals surface area (Å²) >= 11 is 0. The number of aliphatic hydroxyl groups excluding tert-OH is 1. The van der Waals surface area contributed by atoms with Gasteiger partial charge in [-0.3, -0.25) is 0 Å². The van der Waals surface area contributed by atoms with Crippen LogP contribution in [0.25, 0.3) is 0 Å². The first-order valence-corrected chi connectivity index (χ1v) is 8.41. The number of anilines is 1. The molecule has 0 aliphatic carbocycles. The Morgan fingerprint density at radius 3 is 2.40 bits per heavy atom. The lowest BCUT2D eigenvalue weighted by molar-refractivity contribution is 0.0768. The molecule has 2 saturated heterocycles. The van der Waals surface area contributed by atoms with Crippen LogP contribution < -0.4 is 5.73 Å². The lowest BCUT2D eigenvalue weighted by Gasteiger charge is -2.36. The van der Waals surface area contributed by atoms with Gasteiger partial charge in [0.2, 0.25) is 10.0 Å². The zero-order valence-electron chi connectivity index (χ0n) is 11.5. The first-order valence-electron chi connectivity index (χ1n) is 6.97. The van der Waals surface area contributed by atoms with E-state index in [0.717, 1.165) is 12.8 Å². The van der Waals surface area contributed by atoms with Crippen LogP contribution in [0.5, 0.6) is 0 Å². The molecule has 2 unspecified atom stereocenters. The first kappa shape index (κ1) is 13.9. The summed E-state index contributed by atoms with van der Waals surface area (Å²) < 4.78 is 27.4. The highest BCUT2D eigenvalue weighted by molar-refractivity contribution is 7.89. The SMILES string of the molecule is Cc1cc(N)ccc1S(=O)(=O)N1C2CCC1CC(O)C2. The Bertz CT molecular complexity index is 615. The summed E-state index contributed by atoms with van der Waals surface area (Å²) in [6.07, 6.45) is 2.41. The Balaban J connectivity index is 2.01. The second-order valence-electron chi connectivity index (χ2n) is 5.87. The molecule has 20 heavy (non-hydrogen) atoms. The van der Waals surface area contributed by atoms with Gasteiger partial charge in [0, 0.05) is 17.8 Å². The molecule has 2 atom stereocenters. The van der Waals surface area contributed by atoms with E-state index in [9.17, 15) is 13.5 Å². The molecule has 1 aromatic rings. The molecule has 2 fully saturated rings. The zero-order chi connectivity index (χ0) is 14.5. The Hall–Kier alpha value is -1.11. The van der Waals surface area contributed by atoms with E-state index in [1.165, 1.54) is 0 Å². The number of nitrogen functional groups attached to an aromatic ring is 1. The number of fused-ring (bicyclic) bond motifs is 2. The average Bonchev–Trinajstić information content (AvgIpc) is 2.62. The van der Waals surface area contributed by atoms with Crippen LogP contribution in [0.1, 0.15) is 31.2 Å². The third-order valence-electron chi connectivity index (χ3n) is 4.40. The van der Waals surface area contributed by atoms with Crippen molar-refractivity contribution in [2.45, 2.75) is 55.7 Å². The van der Waals surface area contributed by atoms with Gasteiger partial charge in [-0.1, -0.05) is 0 Å². The maximum atomic E-state index is 12.9. The van der Waals surface area contributed by atoms with Crippen molar-refractivity contribution in [1.82, 2.24) is 4.31 Å². The van der Waals surface area contributed by atoms with E-state index >= 15 is 0 Å². The Morgan fingerprint density at radius 2 is 1.85 bits per heavy atom. The first-order chi connectivity index (χ1) is 9.39. The number of benzene rings is 1. The van der Waals surface area contributed by atoms with Crippen molar-refractivity contribution in [3.05, 3.63) is 23.8 Å². The fraction of sp³-hybridized carbons (Fsp3) is 0.571. The Labute approximate surface area is 119 Å². The van der Waals surface area contributed by atoms with Crippen molar-refractivity contribution in [1.29, 1.82) is 0 Å². The van der Waals surface area contributed by atoms with E-state index in [2.05, 4.69) is 0 Å². The molecule has 0 saturated carbocycles. The molecule has 3 rings (SSSR count). The smallest absolute Gasteiger partial charge is 0.243 e. The molecule has 2 aliphatic rings. The third-order valence-corrected chi connectivity index (χ3v) is 6.56. The maximum Gasteiger partial charge on any atom is 0.243 e. The lowest BCUT2D eigenvalue weighted by atomic mass is 10.0. The minimum Gasteiger partial charge on any atom is -0.399 e. The predicted octanol–water partition coefficient (Wildman–Crippen LogP) is 1.25. The van der Waals surface area contributed by atoms with Gasteiger partial charge in [-0.2, -0.15) is 4.31 Å². The van der Waals surface area contributed by atoms with Crippen LogP contribution in [-0.2, 0) is 10.0 Å². The number of nitrogens with two attached hydrogens (primary N) is 1. The highest BCUT2D eigenvalue weighted by Gasteiger charge is 2.47. The number of hydrogen-bond acceptors (Lipinski definition) is 4. The summed E-state index contributed by atoms with van der Waals surface area (Å²) in [7, 11) is -3.50. The topological polar surface area (TPSA) is 83.6 Å². The average molecular weight is 296 g/mol. The van der Waals surface area contributed by atoms with Crippen molar-refractivity contribution < 1.29 is 13.5 Å². The summed E-state index contributed by atoms with van der Waals surface area (Å²) in [5.74, 6) is 0.